The highest BCUT2D eigenvalue weighted by atomic mass is 19.1. The van der Waals surface area contributed by atoms with Gasteiger partial charge in [-0.3, -0.25) is 9.69 Å². The molecule has 0 bridgehead atoms. The Balaban J connectivity index is 1.34. The molecule has 3 atom stereocenters. The average Bonchev–Trinajstić information content (AvgIpc) is 3.11. The van der Waals surface area contributed by atoms with Gasteiger partial charge < -0.3 is 10.2 Å². The molecule has 6 heteroatoms. The standard InChI is InChI=1S/C21H23FN2O3/c22-20-18(25)7-6-17(23-20)19(26)13-24-11-15-9-21(27,10-16(15)12-24)8-14-4-2-1-3-5-14/h1-7,15-16,25,27H,8-13H2/t15-,16+,21+. The van der Waals surface area contributed by atoms with E-state index in [2.05, 4.69) is 9.88 Å². The molecule has 2 aliphatic rings. The zero-order valence-electron chi connectivity index (χ0n) is 15.0. The number of aromatic nitrogens is 1. The molecule has 2 N–H and O–H groups in total. The van der Waals surface area contributed by atoms with Crippen molar-refractivity contribution in [2.75, 3.05) is 19.6 Å². The summed E-state index contributed by atoms with van der Waals surface area (Å²) in [5, 5.41) is 20.2. The number of ketones is 1. The molecular formula is C21H23FN2O3. The summed E-state index contributed by atoms with van der Waals surface area (Å²) in [6.45, 7) is 1.70. The molecule has 1 saturated carbocycles. The van der Waals surface area contributed by atoms with Crippen LogP contribution in [-0.4, -0.2) is 51.1 Å². The Morgan fingerprint density at radius 3 is 2.44 bits per heavy atom. The lowest BCUT2D eigenvalue weighted by molar-refractivity contribution is 0.0355. The first kappa shape index (κ1) is 18.1. The fourth-order valence-electron chi connectivity index (χ4n) is 4.67. The van der Waals surface area contributed by atoms with Gasteiger partial charge in [-0.1, -0.05) is 30.3 Å². The van der Waals surface area contributed by atoms with Crippen LogP contribution < -0.4 is 0 Å². The smallest absolute Gasteiger partial charge is 0.255 e. The molecule has 2 fully saturated rings. The van der Waals surface area contributed by atoms with Crippen molar-refractivity contribution in [2.45, 2.75) is 24.9 Å². The Hall–Kier alpha value is -2.31. The molecule has 1 saturated heterocycles. The lowest BCUT2D eigenvalue weighted by Crippen LogP contribution is -2.34. The number of fused-ring (bicyclic) bond motifs is 1. The summed E-state index contributed by atoms with van der Waals surface area (Å²) < 4.78 is 13.4. The van der Waals surface area contributed by atoms with E-state index < -0.39 is 17.3 Å². The predicted molar refractivity (Wildman–Crippen MR) is 97.9 cm³/mol. The summed E-state index contributed by atoms with van der Waals surface area (Å²) in [4.78, 5) is 17.9. The number of hydrogen-bond acceptors (Lipinski definition) is 5. The molecule has 1 aliphatic heterocycles. The van der Waals surface area contributed by atoms with Crippen LogP contribution in [0.1, 0.15) is 28.9 Å². The molecule has 0 unspecified atom stereocenters. The van der Waals surface area contributed by atoms with E-state index in [1.165, 1.54) is 6.07 Å². The number of nitrogens with zero attached hydrogens (tertiary/aromatic N) is 2. The Labute approximate surface area is 157 Å². The van der Waals surface area contributed by atoms with Gasteiger partial charge in [-0.05, 0) is 42.4 Å². The number of likely N-dealkylation sites (tertiary alicyclic amines) is 1. The van der Waals surface area contributed by atoms with E-state index >= 15 is 0 Å². The van der Waals surface area contributed by atoms with Gasteiger partial charge in [0.15, 0.2) is 11.5 Å². The highest BCUT2D eigenvalue weighted by molar-refractivity contribution is 5.95. The van der Waals surface area contributed by atoms with Gasteiger partial charge in [-0.15, -0.1) is 0 Å². The molecule has 0 spiro atoms. The fraction of sp³-hybridized carbons (Fsp3) is 0.429. The van der Waals surface area contributed by atoms with Crippen LogP contribution in [0.25, 0.3) is 0 Å². The van der Waals surface area contributed by atoms with Gasteiger partial charge in [0.1, 0.15) is 5.69 Å². The minimum Gasteiger partial charge on any atom is -0.504 e. The largest absolute Gasteiger partial charge is 0.504 e. The number of carbonyl (C=O) groups excluding carboxylic acids is 1. The second-order valence-electron chi connectivity index (χ2n) is 7.94. The monoisotopic (exact) mass is 370 g/mol. The summed E-state index contributed by atoms with van der Waals surface area (Å²) in [5.74, 6) is -1.09. The van der Waals surface area contributed by atoms with Gasteiger partial charge in [-0.2, -0.15) is 4.39 Å². The van der Waals surface area contributed by atoms with Crippen LogP contribution in [0.2, 0.25) is 0 Å². The molecule has 0 amide bonds. The number of rotatable bonds is 5. The number of benzene rings is 1. The zero-order valence-corrected chi connectivity index (χ0v) is 15.0. The topological polar surface area (TPSA) is 73.7 Å². The summed E-state index contributed by atoms with van der Waals surface area (Å²) in [5.41, 5.74) is 0.504. The summed E-state index contributed by atoms with van der Waals surface area (Å²) in [7, 11) is 0. The Kier molecular flexibility index (Phi) is 4.70. The van der Waals surface area contributed by atoms with Crippen LogP contribution in [0.5, 0.6) is 5.75 Å². The summed E-state index contributed by atoms with van der Waals surface area (Å²) in [6.07, 6.45) is 2.14. The molecule has 142 valence electrons. The molecule has 0 radical (unpaired) electrons. The fourth-order valence-corrected chi connectivity index (χ4v) is 4.67. The lowest BCUT2D eigenvalue weighted by atomic mass is 9.91. The maximum atomic E-state index is 13.4. The van der Waals surface area contributed by atoms with Gasteiger partial charge in [0.2, 0.25) is 0 Å². The SMILES string of the molecule is O=C(CN1C[C@@H]2C[C@](O)(Cc3ccccc3)C[C@@H]2C1)c1ccc(O)c(F)n1. The van der Waals surface area contributed by atoms with E-state index in [4.69, 9.17) is 0 Å². The molecular weight excluding hydrogens is 347 g/mol. The second-order valence-corrected chi connectivity index (χ2v) is 7.94. The average molecular weight is 370 g/mol. The van der Waals surface area contributed by atoms with E-state index in [-0.39, 0.29) is 18.0 Å². The minimum absolute atomic E-state index is 0.0305. The van der Waals surface area contributed by atoms with E-state index in [0.717, 1.165) is 37.6 Å². The third kappa shape index (κ3) is 3.87. The normalized spacial score (nSPS) is 27.6. The van der Waals surface area contributed by atoms with Gasteiger partial charge in [0.25, 0.3) is 5.95 Å². The molecule has 5 nitrogen and oxygen atoms in total. The highest BCUT2D eigenvalue weighted by Gasteiger charge is 2.48. The Bertz CT molecular complexity index is 829. The lowest BCUT2D eigenvalue weighted by Gasteiger charge is -2.26. The van der Waals surface area contributed by atoms with Crippen molar-refractivity contribution in [3.63, 3.8) is 0 Å². The molecule has 1 aliphatic carbocycles. The maximum absolute atomic E-state index is 13.4. The molecule has 2 heterocycles. The number of aromatic hydroxyl groups is 1. The molecule has 1 aromatic heterocycles. The number of pyridine rings is 1. The quantitative estimate of drug-likeness (QED) is 0.625. The predicted octanol–water partition coefficient (Wildman–Crippen LogP) is 2.42. The Morgan fingerprint density at radius 2 is 1.81 bits per heavy atom. The van der Waals surface area contributed by atoms with Gasteiger partial charge in [-0.25, -0.2) is 4.98 Å². The second kappa shape index (κ2) is 7.02. The van der Waals surface area contributed by atoms with Crippen molar-refractivity contribution in [2.24, 2.45) is 11.8 Å². The highest BCUT2D eigenvalue weighted by Crippen LogP contribution is 2.45. The van der Waals surface area contributed by atoms with E-state index in [9.17, 15) is 19.4 Å². The number of hydrogen-bond donors (Lipinski definition) is 2. The number of Topliss-reactive ketones (excluding diaryl/α,β-unsaturated/α-hetero) is 1. The molecule has 1 aromatic carbocycles. The molecule has 4 rings (SSSR count). The first-order valence-corrected chi connectivity index (χ1v) is 9.29. The van der Waals surface area contributed by atoms with E-state index in [1.807, 2.05) is 30.3 Å². The van der Waals surface area contributed by atoms with Crippen LogP contribution in [0.15, 0.2) is 42.5 Å². The van der Waals surface area contributed by atoms with E-state index in [1.54, 1.807) is 0 Å². The first-order valence-electron chi connectivity index (χ1n) is 9.29. The van der Waals surface area contributed by atoms with Crippen molar-refractivity contribution in [3.8, 4) is 5.75 Å². The van der Waals surface area contributed by atoms with Crippen LogP contribution in [0, 0.1) is 17.8 Å². The third-order valence-corrected chi connectivity index (χ3v) is 5.79. The Morgan fingerprint density at radius 1 is 1.15 bits per heavy atom. The first-order chi connectivity index (χ1) is 12.9. The van der Waals surface area contributed by atoms with Crippen molar-refractivity contribution < 1.29 is 19.4 Å². The van der Waals surface area contributed by atoms with E-state index in [0.29, 0.717) is 18.3 Å². The molecule has 2 aromatic rings. The zero-order chi connectivity index (χ0) is 19.0. The van der Waals surface area contributed by atoms with Gasteiger partial charge >= 0.3 is 0 Å². The maximum Gasteiger partial charge on any atom is 0.255 e. The van der Waals surface area contributed by atoms with Crippen molar-refractivity contribution in [1.82, 2.24) is 9.88 Å². The van der Waals surface area contributed by atoms with Gasteiger partial charge in [0, 0.05) is 19.5 Å². The number of carbonyl (C=O) groups is 1. The summed E-state index contributed by atoms with van der Waals surface area (Å²) >= 11 is 0. The van der Waals surface area contributed by atoms with Crippen molar-refractivity contribution in [1.29, 1.82) is 0 Å². The van der Waals surface area contributed by atoms with Gasteiger partial charge in [0.05, 0.1) is 12.1 Å². The third-order valence-electron chi connectivity index (χ3n) is 5.79. The van der Waals surface area contributed by atoms with Crippen LogP contribution in [0.3, 0.4) is 0 Å². The van der Waals surface area contributed by atoms with Crippen molar-refractivity contribution in [3.05, 3.63) is 59.7 Å². The minimum atomic E-state index is -1.02. The van der Waals surface area contributed by atoms with Crippen LogP contribution >= 0.6 is 0 Å². The summed E-state index contributed by atoms with van der Waals surface area (Å²) in [6, 6.07) is 12.5. The number of halogens is 1. The van der Waals surface area contributed by atoms with Crippen molar-refractivity contribution >= 4 is 5.78 Å². The van der Waals surface area contributed by atoms with Crippen LogP contribution in [0.4, 0.5) is 4.39 Å². The molecule has 27 heavy (non-hydrogen) atoms. The number of aliphatic hydroxyl groups is 1. The van der Waals surface area contributed by atoms with Crippen LogP contribution in [-0.2, 0) is 6.42 Å².